The summed E-state index contributed by atoms with van der Waals surface area (Å²) in [4.78, 5) is 12.4. The number of fused-ring (bicyclic) bond motifs is 1. The molecule has 2 rings (SSSR count). The van der Waals surface area contributed by atoms with E-state index in [1.165, 1.54) is 11.8 Å². The van der Waals surface area contributed by atoms with Crippen LogP contribution >= 0.6 is 11.8 Å². The zero-order valence-electron chi connectivity index (χ0n) is 11.3. The number of nitrogens with two attached hydrogens (primary N) is 2. The molecule has 0 fully saturated rings. The molecule has 0 saturated carbocycles. The number of amides is 1. The molecular weight excluding hydrogens is 262 g/mol. The fourth-order valence-electron chi connectivity index (χ4n) is 2.21. The van der Waals surface area contributed by atoms with Crippen molar-refractivity contribution in [2.24, 2.45) is 11.5 Å². The van der Waals surface area contributed by atoms with Crippen LogP contribution in [0.3, 0.4) is 0 Å². The van der Waals surface area contributed by atoms with E-state index in [9.17, 15) is 4.79 Å². The van der Waals surface area contributed by atoms with Crippen molar-refractivity contribution in [1.29, 1.82) is 0 Å². The Labute approximate surface area is 117 Å². The van der Waals surface area contributed by atoms with Crippen molar-refractivity contribution in [3.63, 3.8) is 0 Å². The first kappa shape index (κ1) is 14.0. The minimum Gasteiger partial charge on any atom is -0.496 e. The SMILES string of the molecule is COc1ccc(NC(C)C)c2c1C(N)C(C(N)=O)S2. The molecule has 1 heterocycles. The van der Waals surface area contributed by atoms with Crippen molar-refractivity contribution < 1.29 is 9.53 Å². The van der Waals surface area contributed by atoms with Crippen molar-refractivity contribution in [1.82, 2.24) is 0 Å². The minimum atomic E-state index is -0.445. The van der Waals surface area contributed by atoms with Gasteiger partial charge in [0.05, 0.1) is 13.2 Å². The maximum atomic E-state index is 11.5. The van der Waals surface area contributed by atoms with Crippen LogP contribution in [-0.2, 0) is 4.79 Å². The monoisotopic (exact) mass is 281 g/mol. The summed E-state index contributed by atoms with van der Waals surface area (Å²) in [6.07, 6.45) is 0. The van der Waals surface area contributed by atoms with Gasteiger partial charge in [0, 0.05) is 22.2 Å². The van der Waals surface area contributed by atoms with Crippen LogP contribution in [0.15, 0.2) is 17.0 Å². The Morgan fingerprint density at radius 1 is 1.47 bits per heavy atom. The topological polar surface area (TPSA) is 90.4 Å². The molecule has 0 aliphatic carbocycles. The zero-order chi connectivity index (χ0) is 14.2. The summed E-state index contributed by atoms with van der Waals surface area (Å²) in [5.41, 5.74) is 13.4. The summed E-state index contributed by atoms with van der Waals surface area (Å²) >= 11 is 1.41. The highest BCUT2D eigenvalue weighted by Gasteiger charge is 2.38. The molecule has 2 unspecified atom stereocenters. The van der Waals surface area contributed by atoms with Crippen LogP contribution < -0.4 is 21.5 Å². The van der Waals surface area contributed by atoms with Gasteiger partial charge in [0.1, 0.15) is 11.0 Å². The number of methoxy groups -OCH3 is 1. The van der Waals surface area contributed by atoms with Gasteiger partial charge in [0.25, 0.3) is 0 Å². The first-order valence-corrected chi connectivity index (χ1v) is 7.02. The Hall–Kier alpha value is -1.40. The van der Waals surface area contributed by atoms with Gasteiger partial charge < -0.3 is 21.5 Å². The maximum Gasteiger partial charge on any atom is 0.232 e. The summed E-state index contributed by atoms with van der Waals surface area (Å²) in [6, 6.07) is 3.68. The Morgan fingerprint density at radius 3 is 2.68 bits per heavy atom. The summed E-state index contributed by atoms with van der Waals surface area (Å²) in [5, 5.41) is 2.91. The van der Waals surface area contributed by atoms with Gasteiger partial charge in [-0.3, -0.25) is 4.79 Å². The third-order valence-electron chi connectivity index (χ3n) is 3.00. The first-order chi connectivity index (χ1) is 8.95. The molecule has 5 nitrogen and oxygen atoms in total. The van der Waals surface area contributed by atoms with Crippen LogP contribution in [0.25, 0.3) is 0 Å². The molecule has 0 aromatic heterocycles. The normalized spacial score (nSPS) is 21.3. The number of anilines is 1. The van der Waals surface area contributed by atoms with E-state index in [0.29, 0.717) is 11.8 Å². The van der Waals surface area contributed by atoms with Gasteiger partial charge in [-0.1, -0.05) is 0 Å². The van der Waals surface area contributed by atoms with Crippen molar-refractivity contribution in [2.45, 2.75) is 36.1 Å². The van der Waals surface area contributed by atoms with Crippen molar-refractivity contribution in [2.75, 3.05) is 12.4 Å². The van der Waals surface area contributed by atoms with E-state index in [0.717, 1.165) is 16.1 Å². The molecule has 1 amide bonds. The number of carbonyl (C=O) groups is 1. The molecule has 104 valence electrons. The molecule has 19 heavy (non-hydrogen) atoms. The number of carbonyl (C=O) groups excluding carboxylic acids is 1. The zero-order valence-corrected chi connectivity index (χ0v) is 12.1. The van der Waals surface area contributed by atoms with E-state index in [4.69, 9.17) is 16.2 Å². The summed E-state index contributed by atoms with van der Waals surface area (Å²) in [7, 11) is 1.60. The lowest BCUT2D eigenvalue weighted by Gasteiger charge is -2.16. The van der Waals surface area contributed by atoms with E-state index in [1.807, 2.05) is 12.1 Å². The second-order valence-corrected chi connectivity index (χ2v) is 5.98. The molecule has 0 saturated heterocycles. The van der Waals surface area contributed by atoms with Crippen molar-refractivity contribution in [3.8, 4) is 5.75 Å². The molecule has 1 aliphatic heterocycles. The third kappa shape index (κ3) is 2.50. The summed E-state index contributed by atoms with van der Waals surface area (Å²) in [6.45, 7) is 4.11. The number of hydrogen-bond donors (Lipinski definition) is 3. The molecule has 6 heteroatoms. The largest absolute Gasteiger partial charge is 0.496 e. The van der Waals surface area contributed by atoms with Crippen LogP contribution in [0.1, 0.15) is 25.5 Å². The molecule has 0 bridgehead atoms. The van der Waals surface area contributed by atoms with Crippen LogP contribution in [0.2, 0.25) is 0 Å². The quantitative estimate of drug-likeness (QED) is 0.777. The Balaban J connectivity index is 2.48. The van der Waals surface area contributed by atoms with Crippen LogP contribution in [0.4, 0.5) is 5.69 Å². The molecule has 2 atom stereocenters. The maximum absolute atomic E-state index is 11.5. The summed E-state index contributed by atoms with van der Waals surface area (Å²) < 4.78 is 5.34. The first-order valence-electron chi connectivity index (χ1n) is 6.14. The predicted octanol–water partition coefficient (Wildman–Crippen LogP) is 1.47. The number of rotatable bonds is 4. The second kappa shape index (κ2) is 5.30. The van der Waals surface area contributed by atoms with Crippen molar-refractivity contribution in [3.05, 3.63) is 17.7 Å². The highest BCUT2D eigenvalue weighted by Crippen LogP contribution is 2.50. The van der Waals surface area contributed by atoms with Crippen molar-refractivity contribution >= 4 is 23.4 Å². The van der Waals surface area contributed by atoms with Gasteiger partial charge in [-0.05, 0) is 26.0 Å². The number of benzene rings is 1. The van der Waals surface area contributed by atoms with Crippen LogP contribution in [0.5, 0.6) is 5.75 Å². The van der Waals surface area contributed by atoms with E-state index in [2.05, 4.69) is 19.2 Å². The Morgan fingerprint density at radius 2 is 2.16 bits per heavy atom. The van der Waals surface area contributed by atoms with Crippen LogP contribution in [-0.4, -0.2) is 24.3 Å². The Kier molecular flexibility index (Phi) is 3.91. The predicted molar refractivity (Wildman–Crippen MR) is 77.5 cm³/mol. The second-order valence-electron chi connectivity index (χ2n) is 4.82. The van der Waals surface area contributed by atoms with Gasteiger partial charge in [-0.2, -0.15) is 0 Å². The lowest BCUT2D eigenvalue weighted by molar-refractivity contribution is -0.117. The van der Waals surface area contributed by atoms with E-state index in [1.54, 1.807) is 7.11 Å². The fraction of sp³-hybridized carbons (Fsp3) is 0.462. The van der Waals surface area contributed by atoms with Gasteiger partial charge in [0.2, 0.25) is 5.91 Å². The van der Waals surface area contributed by atoms with E-state index < -0.39 is 17.2 Å². The Bertz CT molecular complexity index is 505. The highest BCUT2D eigenvalue weighted by atomic mass is 32.2. The molecular formula is C13H19N3O2S. The highest BCUT2D eigenvalue weighted by molar-refractivity contribution is 8.01. The van der Waals surface area contributed by atoms with Gasteiger partial charge in [-0.25, -0.2) is 0 Å². The minimum absolute atomic E-state index is 0.293. The lowest BCUT2D eigenvalue weighted by Crippen LogP contribution is -2.32. The molecule has 0 radical (unpaired) electrons. The molecule has 5 N–H and O–H groups in total. The summed E-state index contributed by atoms with van der Waals surface area (Å²) in [5.74, 6) is 0.305. The van der Waals surface area contributed by atoms with Gasteiger partial charge >= 0.3 is 0 Å². The van der Waals surface area contributed by atoms with E-state index in [-0.39, 0.29) is 0 Å². The number of nitrogens with one attached hydrogen (secondary N) is 1. The average Bonchev–Trinajstić information content (AvgIpc) is 2.68. The molecule has 0 spiro atoms. The van der Waals surface area contributed by atoms with E-state index >= 15 is 0 Å². The molecule has 1 aliphatic rings. The van der Waals surface area contributed by atoms with Gasteiger partial charge in [0.15, 0.2) is 0 Å². The van der Waals surface area contributed by atoms with Gasteiger partial charge in [-0.15, -0.1) is 11.8 Å². The third-order valence-corrected chi connectivity index (χ3v) is 4.46. The fourth-order valence-corrected chi connectivity index (χ4v) is 3.48. The average molecular weight is 281 g/mol. The smallest absolute Gasteiger partial charge is 0.232 e. The lowest BCUT2D eigenvalue weighted by atomic mass is 10.0. The number of thioether (sulfide) groups is 1. The van der Waals surface area contributed by atoms with Crippen LogP contribution in [0, 0.1) is 0 Å². The number of ether oxygens (including phenoxy) is 1. The standard InChI is InChI=1S/C13H19N3O2S/c1-6(2)16-7-4-5-8(18-3)9-10(14)12(13(15)17)19-11(7)9/h4-6,10,12,16H,14H2,1-3H3,(H2,15,17). The number of primary amides is 1. The number of hydrogen-bond acceptors (Lipinski definition) is 5. The molecule has 1 aromatic carbocycles. The molecule has 1 aromatic rings.